The van der Waals surface area contributed by atoms with Crippen molar-refractivity contribution in [3.8, 4) is 0 Å². The molecule has 0 bridgehead atoms. The third-order valence-electron chi connectivity index (χ3n) is 3.24. The number of carbonyl (C=O) groups excluding carboxylic acids is 2. The monoisotopic (exact) mass is 270 g/mol. The van der Waals surface area contributed by atoms with Gasteiger partial charge in [0.1, 0.15) is 0 Å². The number of carboxylic acid groups (broad SMARTS) is 1. The van der Waals surface area contributed by atoms with E-state index in [-0.39, 0.29) is 30.6 Å². The normalized spacial score (nSPS) is 20.7. The minimum absolute atomic E-state index is 0.0433. The largest absolute Gasteiger partial charge is 0.481 e. The Hall–Kier alpha value is -1.59. The first kappa shape index (κ1) is 15.5. The molecule has 0 aromatic rings. The molecule has 1 aliphatic carbocycles. The highest BCUT2D eigenvalue weighted by Crippen LogP contribution is 2.37. The number of unbranched alkanes of at least 4 members (excludes halogenated alkanes) is 1. The Balaban J connectivity index is 1.93. The maximum Gasteiger partial charge on any atom is 0.303 e. The van der Waals surface area contributed by atoms with Crippen molar-refractivity contribution in [2.45, 2.75) is 39.0 Å². The van der Waals surface area contributed by atoms with Crippen LogP contribution >= 0.6 is 0 Å². The lowest BCUT2D eigenvalue weighted by Gasteiger charge is -2.06. The van der Waals surface area contributed by atoms with E-state index < -0.39 is 5.97 Å². The molecule has 0 spiro atoms. The number of aliphatic carboxylic acids is 1. The zero-order chi connectivity index (χ0) is 14.3. The molecule has 0 aromatic carbocycles. The molecule has 1 rings (SSSR count). The summed E-state index contributed by atoms with van der Waals surface area (Å²) in [6, 6.07) is 0. The van der Waals surface area contributed by atoms with Crippen LogP contribution < -0.4 is 10.6 Å². The molecule has 1 aliphatic rings. The molecule has 2 unspecified atom stereocenters. The van der Waals surface area contributed by atoms with Crippen LogP contribution in [0.15, 0.2) is 0 Å². The van der Waals surface area contributed by atoms with Crippen LogP contribution in [-0.2, 0) is 14.4 Å². The molecule has 6 nitrogen and oxygen atoms in total. The molecule has 19 heavy (non-hydrogen) atoms. The average Bonchev–Trinajstić information content (AvgIpc) is 3.05. The molecule has 2 amide bonds. The molecule has 0 radical (unpaired) electrons. The molecule has 3 N–H and O–H groups in total. The fourth-order valence-corrected chi connectivity index (χ4v) is 1.84. The second-order valence-corrected chi connectivity index (χ2v) is 5.06. The summed E-state index contributed by atoms with van der Waals surface area (Å²) in [7, 11) is 0. The van der Waals surface area contributed by atoms with Gasteiger partial charge in [0.25, 0.3) is 0 Å². The minimum atomic E-state index is -0.816. The maximum atomic E-state index is 11.5. The molecule has 1 fully saturated rings. The third-order valence-corrected chi connectivity index (χ3v) is 3.24. The summed E-state index contributed by atoms with van der Waals surface area (Å²) in [6.07, 6.45) is 2.56. The van der Waals surface area contributed by atoms with Crippen molar-refractivity contribution in [3.05, 3.63) is 0 Å². The van der Waals surface area contributed by atoms with Gasteiger partial charge in [-0.25, -0.2) is 0 Å². The van der Waals surface area contributed by atoms with Crippen LogP contribution in [0.1, 0.15) is 39.0 Å². The summed E-state index contributed by atoms with van der Waals surface area (Å²) < 4.78 is 0. The summed E-state index contributed by atoms with van der Waals surface area (Å²) in [5.41, 5.74) is 0. The van der Waals surface area contributed by atoms with Crippen molar-refractivity contribution < 1.29 is 19.5 Å². The zero-order valence-electron chi connectivity index (χ0n) is 11.3. The van der Waals surface area contributed by atoms with E-state index in [4.69, 9.17) is 5.11 Å². The van der Waals surface area contributed by atoms with E-state index in [1.54, 1.807) is 0 Å². The summed E-state index contributed by atoms with van der Waals surface area (Å²) in [4.78, 5) is 33.1. The lowest BCUT2D eigenvalue weighted by molar-refractivity contribution is -0.137. The van der Waals surface area contributed by atoms with Gasteiger partial charge in [-0.15, -0.1) is 0 Å². The number of carboxylic acids is 1. The first-order valence-electron chi connectivity index (χ1n) is 6.77. The Bertz CT molecular complexity index is 344. The first-order chi connectivity index (χ1) is 9.00. The van der Waals surface area contributed by atoms with E-state index in [9.17, 15) is 14.4 Å². The molecule has 6 heteroatoms. The SMILES string of the molecule is CC1CC1C(=O)NCCC(=O)NCCCCC(=O)O. The van der Waals surface area contributed by atoms with Crippen LogP contribution in [0.3, 0.4) is 0 Å². The number of amides is 2. The zero-order valence-corrected chi connectivity index (χ0v) is 11.3. The van der Waals surface area contributed by atoms with Crippen molar-refractivity contribution in [2.75, 3.05) is 13.1 Å². The lowest BCUT2D eigenvalue weighted by atomic mass is 10.2. The molecule has 1 saturated carbocycles. The number of rotatable bonds is 9. The van der Waals surface area contributed by atoms with Gasteiger partial charge in [0.2, 0.25) is 11.8 Å². The molecular formula is C13H22N2O4. The first-order valence-corrected chi connectivity index (χ1v) is 6.77. The predicted molar refractivity (Wildman–Crippen MR) is 69.4 cm³/mol. The standard InChI is InChI=1S/C13H22N2O4/c1-9-8-10(9)13(19)15-7-5-11(16)14-6-3-2-4-12(17)18/h9-10H,2-8H2,1H3,(H,14,16)(H,15,19)(H,17,18). The topological polar surface area (TPSA) is 95.5 Å². The van der Waals surface area contributed by atoms with Crippen LogP contribution in [0.4, 0.5) is 0 Å². The highest BCUT2D eigenvalue weighted by Gasteiger charge is 2.38. The van der Waals surface area contributed by atoms with Gasteiger partial charge in [-0.1, -0.05) is 6.92 Å². The summed E-state index contributed by atoms with van der Waals surface area (Å²) in [5, 5.41) is 13.9. The average molecular weight is 270 g/mol. The van der Waals surface area contributed by atoms with Gasteiger partial charge in [0.15, 0.2) is 0 Å². The van der Waals surface area contributed by atoms with E-state index in [0.717, 1.165) is 6.42 Å². The third kappa shape index (κ3) is 6.79. The molecule has 108 valence electrons. The van der Waals surface area contributed by atoms with E-state index in [0.29, 0.717) is 31.8 Å². The van der Waals surface area contributed by atoms with Crippen molar-refractivity contribution >= 4 is 17.8 Å². The van der Waals surface area contributed by atoms with Crippen LogP contribution in [0.2, 0.25) is 0 Å². The Kier molecular flexibility index (Phi) is 6.32. The van der Waals surface area contributed by atoms with Gasteiger partial charge in [0, 0.05) is 31.8 Å². The van der Waals surface area contributed by atoms with Crippen molar-refractivity contribution in [2.24, 2.45) is 11.8 Å². The van der Waals surface area contributed by atoms with E-state index >= 15 is 0 Å². The molecule has 0 aliphatic heterocycles. The molecule has 0 saturated heterocycles. The van der Waals surface area contributed by atoms with E-state index in [1.807, 2.05) is 6.92 Å². The van der Waals surface area contributed by atoms with Crippen molar-refractivity contribution in [1.29, 1.82) is 0 Å². The second kappa shape index (κ2) is 7.76. The van der Waals surface area contributed by atoms with Gasteiger partial charge in [-0.3, -0.25) is 14.4 Å². The maximum absolute atomic E-state index is 11.5. The van der Waals surface area contributed by atoms with Gasteiger partial charge < -0.3 is 15.7 Å². The molecule has 0 heterocycles. The summed E-state index contributed by atoms with van der Waals surface area (Å²) in [6.45, 7) is 2.89. The van der Waals surface area contributed by atoms with E-state index in [2.05, 4.69) is 10.6 Å². The fourth-order valence-electron chi connectivity index (χ4n) is 1.84. The second-order valence-electron chi connectivity index (χ2n) is 5.06. The fraction of sp³-hybridized carbons (Fsp3) is 0.769. The number of hydrogen-bond acceptors (Lipinski definition) is 3. The highest BCUT2D eigenvalue weighted by molar-refractivity contribution is 5.82. The highest BCUT2D eigenvalue weighted by atomic mass is 16.4. The number of hydrogen-bond donors (Lipinski definition) is 3. The van der Waals surface area contributed by atoms with Crippen LogP contribution in [0, 0.1) is 11.8 Å². The Morgan fingerprint density at radius 3 is 2.37 bits per heavy atom. The Labute approximate surface area is 112 Å². The minimum Gasteiger partial charge on any atom is -0.481 e. The summed E-state index contributed by atoms with van der Waals surface area (Å²) >= 11 is 0. The molecule has 2 atom stereocenters. The number of nitrogens with one attached hydrogen (secondary N) is 2. The lowest BCUT2D eigenvalue weighted by Crippen LogP contribution is -2.32. The predicted octanol–water partition coefficient (Wildman–Crippen LogP) is 0.520. The van der Waals surface area contributed by atoms with Crippen LogP contribution in [0.25, 0.3) is 0 Å². The summed E-state index contributed by atoms with van der Waals surface area (Å²) in [5.74, 6) is -0.272. The van der Waals surface area contributed by atoms with Crippen LogP contribution in [0.5, 0.6) is 0 Å². The quantitative estimate of drug-likeness (QED) is 0.532. The molecular weight excluding hydrogens is 248 g/mol. The number of carbonyl (C=O) groups is 3. The molecule has 0 aromatic heterocycles. The van der Waals surface area contributed by atoms with Gasteiger partial charge >= 0.3 is 5.97 Å². The van der Waals surface area contributed by atoms with Gasteiger partial charge in [-0.2, -0.15) is 0 Å². The van der Waals surface area contributed by atoms with E-state index in [1.165, 1.54) is 0 Å². The van der Waals surface area contributed by atoms with Crippen molar-refractivity contribution in [3.63, 3.8) is 0 Å². The smallest absolute Gasteiger partial charge is 0.303 e. The Morgan fingerprint density at radius 2 is 1.79 bits per heavy atom. The Morgan fingerprint density at radius 1 is 1.11 bits per heavy atom. The van der Waals surface area contributed by atoms with Crippen LogP contribution in [-0.4, -0.2) is 36.0 Å². The van der Waals surface area contributed by atoms with Crippen molar-refractivity contribution in [1.82, 2.24) is 10.6 Å². The van der Waals surface area contributed by atoms with Gasteiger partial charge in [-0.05, 0) is 25.2 Å². The van der Waals surface area contributed by atoms with Gasteiger partial charge in [0.05, 0.1) is 0 Å².